The Morgan fingerprint density at radius 1 is 1.43 bits per heavy atom. The second-order valence-corrected chi connectivity index (χ2v) is 5.78. The Balaban J connectivity index is 1.98. The Kier molecular flexibility index (Phi) is 5.98. The number of anilines is 1. The van der Waals surface area contributed by atoms with Gasteiger partial charge in [-0.05, 0) is 25.6 Å². The first-order chi connectivity index (χ1) is 11.1. The molecule has 23 heavy (non-hydrogen) atoms. The number of para-hydroxylation sites is 2. The van der Waals surface area contributed by atoms with Gasteiger partial charge in [0.2, 0.25) is 11.8 Å². The average Bonchev–Trinajstić information content (AvgIpc) is 2.94. The quantitative estimate of drug-likeness (QED) is 0.791. The fourth-order valence-corrected chi connectivity index (χ4v) is 2.79. The monoisotopic (exact) mass is 319 g/mol. The molecule has 6 nitrogen and oxygen atoms in total. The second kappa shape index (κ2) is 7.97. The third-order valence-electron chi connectivity index (χ3n) is 4.01. The molecule has 2 rings (SSSR count). The Morgan fingerprint density at radius 3 is 2.87 bits per heavy atom. The topological polar surface area (TPSA) is 70.7 Å². The van der Waals surface area contributed by atoms with Crippen LogP contribution in [-0.2, 0) is 9.59 Å². The van der Waals surface area contributed by atoms with Crippen molar-refractivity contribution in [3.8, 4) is 5.75 Å². The first kappa shape index (κ1) is 17.3. The molecule has 1 unspecified atom stereocenters. The van der Waals surface area contributed by atoms with Gasteiger partial charge >= 0.3 is 0 Å². The van der Waals surface area contributed by atoms with Gasteiger partial charge in [-0.15, -0.1) is 0 Å². The molecule has 1 saturated heterocycles. The summed E-state index contributed by atoms with van der Waals surface area (Å²) in [5.74, 6) is 0.207. The van der Waals surface area contributed by atoms with Crippen LogP contribution in [0.2, 0.25) is 0 Å². The molecule has 0 radical (unpaired) electrons. The summed E-state index contributed by atoms with van der Waals surface area (Å²) in [6, 6.07) is 7.58. The van der Waals surface area contributed by atoms with E-state index in [2.05, 4.69) is 10.6 Å². The lowest BCUT2D eigenvalue weighted by atomic mass is 10.1. The number of methoxy groups -OCH3 is 1. The maximum absolute atomic E-state index is 12.3. The Hall–Kier alpha value is -2.08. The van der Waals surface area contributed by atoms with Crippen LogP contribution >= 0.6 is 0 Å². The van der Waals surface area contributed by atoms with Crippen LogP contribution < -0.4 is 20.3 Å². The van der Waals surface area contributed by atoms with Crippen molar-refractivity contribution in [2.45, 2.75) is 26.3 Å². The van der Waals surface area contributed by atoms with Crippen molar-refractivity contribution in [2.24, 2.45) is 5.92 Å². The van der Waals surface area contributed by atoms with Crippen molar-refractivity contribution in [1.29, 1.82) is 0 Å². The van der Waals surface area contributed by atoms with E-state index in [4.69, 9.17) is 4.74 Å². The van der Waals surface area contributed by atoms with Crippen molar-refractivity contribution in [2.75, 3.05) is 31.6 Å². The van der Waals surface area contributed by atoms with Crippen LogP contribution in [-0.4, -0.2) is 44.6 Å². The second-order valence-electron chi connectivity index (χ2n) is 5.78. The van der Waals surface area contributed by atoms with E-state index in [1.54, 1.807) is 12.0 Å². The molecule has 0 spiro atoms. The summed E-state index contributed by atoms with van der Waals surface area (Å²) >= 11 is 0. The van der Waals surface area contributed by atoms with E-state index in [0.717, 1.165) is 12.2 Å². The zero-order valence-electron chi connectivity index (χ0n) is 14.0. The Bertz CT molecular complexity index is 562. The number of rotatable bonds is 7. The van der Waals surface area contributed by atoms with Crippen molar-refractivity contribution < 1.29 is 14.3 Å². The van der Waals surface area contributed by atoms with E-state index in [0.29, 0.717) is 18.8 Å². The molecule has 1 fully saturated rings. The lowest BCUT2D eigenvalue weighted by molar-refractivity contribution is -0.126. The zero-order valence-corrected chi connectivity index (χ0v) is 14.0. The van der Waals surface area contributed by atoms with Gasteiger partial charge in [-0.2, -0.15) is 0 Å². The molecule has 2 amide bonds. The normalized spacial score (nSPS) is 18.8. The maximum Gasteiger partial charge on any atom is 0.227 e. The van der Waals surface area contributed by atoms with Crippen LogP contribution in [0.25, 0.3) is 0 Å². The first-order valence-electron chi connectivity index (χ1n) is 8.01. The van der Waals surface area contributed by atoms with Gasteiger partial charge in [-0.1, -0.05) is 19.1 Å². The van der Waals surface area contributed by atoms with E-state index in [1.165, 1.54) is 0 Å². The van der Waals surface area contributed by atoms with E-state index >= 15 is 0 Å². The standard InChI is InChI=1S/C17H25N3O3/c1-4-18-12(2)10-19-17(22)13-9-16(21)20(11-13)14-7-5-6-8-15(14)23-3/h5-8,12-13,18H,4,9-11H2,1-3H3,(H,19,22)/t12-,13?/m1/s1. The Labute approximate surface area is 137 Å². The molecule has 2 atom stereocenters. The molecule has 1 aliphatic rings. The van der Waals surface area contributed by atoms with Gasteiger partial charge in [0.1, 0.15) is 5.75 Å². The van der Waals surface area contributed by atoms with E-state index < -0.39 is 0 Å². The molecule has 1 aromatic rings. The fraction of sp³-hybridized carbons (Fsp3) is 0.529. The number of amides is 2. The number of carbonyl (C=O) groups is 2. The third-order valence-corrected chi connectivity index (χ3v) is 4.01. The molecular formula is C17H25N3O3. The highest BCUT2D eigenvalue weighted by molar-refractivity contribution is 6.01. The van der Waals surface area contributed by atoms with E-state index in [1.807, 2.05) is 38.1 Å². The van der Waals surface area contributed by atoms with Crippen molar-refractivity contribution in [1.82, 2.24) is 10.6 Å². The van der Waals surface area contributed by atoms with Crippen molar-refractivity contribution in [3.05, 3.63) is 24.3 Å². The summed E-state index contributed by atoms with van der Waals surface area (Å²) in [5.41, 5.74) is 0.719. The number of carbonyl (C=O) groups excluding carboxylic acids is 2. The summed E-state index contributed by atoms with van der Waals surface area (Å²) in [7, 11) is 1.58. The molecule has 0 aromatic heterocycles. The highest BCUT2D eigenvalue weighted by Crippen LogP contribution is 2.32. The van der Waals surface area contributed by atoms with E-state index in [-0.39, 0.29) is 30.2 Å². The predicted octanol–water partition coefficient (Wildman–Crippen LogP) is 1.16. The molecule has 1 aliphatic heterocycles. The summed E-state index contributed by atoms with van der Waals surface area (Å²) in [6.45, 7) is 5.86. The minimum Gasteiger partial charge on any atom is -0.495 e. The first-order valence-corrected chi connectivity index (χ1v) is 8.01. The molecule has 0 aliphatic carbocycles. The molecule has 2 N–H and O–H groups in total. The number of ether oxygens (including phenoxy) is 1. The molecule has 0 bridgehead atoms. The molecule has 6 heteroatoms. The lowest BCUT2D eigenvalue weighted by Crippen LogP contribution is -2.41. The summed E-state index contributed by atoms with van der Waals surface area (Å²) in [5, 5.41) is 6.16. The van der Waals surface area contributed by atoms with Gasteiger partial charge in [0.05, 0.1) is 18.7 Å². The molecular weight excluding hydrogens is 294 g/mol. The minimum absolute atomic E-state index is 0.0469. The van der Waals surface area contributed by atoms with Gasteiger partial charge in [0.15, 0.2) is 0 Å². The summed E-state index contributed by atoms with van der Waals surface area (Å²) in [6.07, 6.45) is 0.236. The van der Waals surface area contributed by atoms with Gasteiger partial charge in [-0.3, -0.25) is 9.59 Å². The van der Waals surface area contributed by atoms with Crippen LogP contribution in [0.15, 0.2) is 24.3 Å². The number of hydrogen-bond acceptors (Lipinski definition) is 4. The Morgan fingerprint density at radius 2 is 2.17 bits per heavy atom. The minimum atomic E-state index is -0.318. The van der Waals surface area contributed by atoms with Gasteiger partial charge < -0.3 is 20.3 Å². The SMILES string of the molecule is CCN[C@H](C)CNC(=O)C1CC(=O)N(c2ccccc2OC)C1. The lowest BCUT2D eigenvalue weighted by Gasteiger charge is -2.19. The van der Waals surface area contributed by atoms with Crippen LogP contribution in [0.3, 0.4) is 0 Å². The highest BCUT2D eigenvalue weighted by Gasteiger charge is 2.36. The number of hydrogen-bond donors (Lipinski definition) is 2. The maximum atomic E-state index is 12.3. The van der Waals surface area contributed by atoms with E-state index in [9.17, 15) is 9.59 Å². The summed E-state index contributed by atoms with van der Waals surface area (Å²) in [4.78, 5) is 26.2. The molecule has 1 heterocycles. The number of benzene rings is 1. The van der Waals surface area contributed by atoms with Crippen LogP contribution in [0.4, 0.5) is 5.69 Å². The third kappa shape index (κ3) is 4.22. The fourth-order valence-electron chi connectivity index (χ4n) is 2.79. The molecule has 0 saturated carbocycles. The predicted molar refractivity (Wildman–Crippen MR) is 89.6 cm³/mol. The largest absolute Gasteiger partial charge is 0.495 e. The smallest absolute Gasteiger partial charge is 0.227 e. The number of nitrogens with one attached hydrogen (secondary N) is 2. The molecule has 126 valence electrons. The van der Waals surface area contributed by atoms with Crippen molar-refractivity contribution in [3.63, 3.8) is 0 Å². The molecule has 1 aromatic carbocycles. The number of nitrogens with zero attached hydrogens (tertiary/aromatic N) is 1. The number of likely N-dealkylation sites (N-methyl/N-ethyl adjacent to an activating group) is 1. The van der Waals surface area contributed by atoms with Crippen LogP contribution in [0.5, 0.6) is 5.75 Å². The summed E-state index contributed by atoms with van der Waals surface area (Å²) < 4.78 is 5.30. The zero-order chi connectivity index (χ0) is 16.8. The van der Waals surface area contributed by atoms with Crippen LogP contribution in [0, 0.1) is 5.92 Å². The highest BCUT2D eigenvalue weighted by atomic mass is 16.5. The van der Waals surface area contributed by atoms with Crippen LogP contribution in [0.1, 0.15) is 20.3 Å². The van der Waals surface area contributed by atoms with Gasteiger partial charge in [-0.25, -0.2) is 0 Å². The van der Waals surface area contributed by atoms with Gasteiger partial charge in [0.25, 0.3) is 0 Å². The average molecular weight is 319 g/mol. The van der Waals surface area contributed by atoms with Crippen molar-refractivity contribution >= 4 is 17.5 Å². The van der Waals surface area contributed by atoms with Gasteiger partial charge in [0, 0.05) is 25.6 Å².